The van der Waals surface area contributed by atoms with E-state index in [2.05, 4.69) is 16.7 Å². The quantitative estimate of drug-likeness (QED) is 0.710. The van der Waals surface area contributed by atoms with Gasteiger partial charge in [0, 0.05) is 31.3 Å². The van der Waals surface area contributed by atoms with E-state index in [1.807, 2.05) is 12.1 Å². The minimum atomic E-state index is 0.00459. The van der Waals surface area contributed by atoms with Crippen molar-refractivity contribution in [3.05, 3.63) is 34.0 Å². The van der Waals surface area contributed by atoms with Crippen LogP contribution in [0.4, 0.5) is 5.88 Å². The van der Waals surface area contributed by atoms with Gasteiger partial charge in [0.25, 0.3) is 0 Å². The molecule has 2 aliphatic rings. The predicted octanol–water partition coefficient (Wildman–Crippen LogP) is 3.45. The molecule has 1 aromatic carbocycles. The Morgan fingerprint density at radius 3 is 2.62 bits per heavy atom. The molecule has 4 rings (SSSR count). The molecular weight excluding hydrogens is 368 g/mol. The summed E-state index contributed by atoms with van der Waals surface area (Å²) in [6.45, 7) is 8.87. The van der Waals surface area contributed by atoms with Crippen molar-refractivity contribution in [1.29, 1.82) is 0 Å². The first-order chi connectivity index (χ1) is 14.3. The smallest absolute Gasteiger partial charge is 0.200 e. The maximum Gasteiger partial charge on any atom is 0.200 e. The zero-order valence-electron chi connectivity index (χ0n) is 17.5. The summed E-state index contributed by atoms with van der Waals surface area (Å²) < 4.78 is 17.9. The molecular formula is C23H32N2O4. The SMILES string of the molecule is CCCc1c(OCCN2CCCCC2)ccc2c(=O)cc(N3CCOCC3)oc12. The maximum absolute atomic E-state index is 12.8. The van der Waals surface area contributed by atoms with Gasteiger partial charge >= 0.3 is 0 Å². The van der Waals surface area contributed by atoms with Crippen molar-refractivity contribution >= 4 is 16.9 Å². The average Bonchev–Trinajstić information content (AvgIpc) is 2.76. The minimum absolute atomic E-state index is 0.00459. The zero-order valence-corrected chi connectivity index (χ0v) is 17.5. The molecule has 2 aliphatic heterocycles. The van der Waals surface area contributed by atoms with Gasteiger partial charge in [-0.1, -0.05) is 19.8 Å². The monoisotopic (exact) mass is 400 g/mol. The Morgan fingerprint density at radius 1 is 1.07 bits per heavy atom. The molecule has 1 aromatic heterocycles. The van der Waals surface area contributed by atoms with Crippen molar-refractivity contribution in [3.63, 3.8) is 0 Å². The lowest BCUT2D eigenvalue weighted by Crippen LogP contribution is -2.36. The lowest BCUT2D eigenvalue weighted by Gasteiger charge is -2.27. The van der Waals surface area contributed by atoms with E-state index in [-0.39, 0.29) is 5.43 Å². The molecule has 158 valence electrons. The first kappa shape index (κ1) is 20.2. The highest BCUT2D eigenvalue weighted by Gasteiger charge is 2.19. The van der Waals surface area contributed by atoms with Crippen LogP contribution in [-0.4, -0.2) is 57.4 Å². The van der Waals surface area contributed by atoms with Gasteiger partial charge in [-0.05, 0) is 44.5 Å². The molecule has 0 bridgehead atoms. The van der Waals surface area contributed by atoms with E-state index in [0.29, 0.717) is 36.7 Å². The lowest BCUT2D eigenvalue weighted by molar-refractivity contribution is 0.121. The standard InChI is InChI=1S/C23H32N2O4/c1-2-6-19-21(28-16-11-24-9-4-3-5-10-24)8-7-18-20(26)17-22(29-23(18)19)25-12-14-27-15-13-25/h7-8,17H,2-6,9-16H2,1H3. The third-order valence-electron chi connectivity index (χ3n) is 5.88. The minimum Gasteiger partial charge on any atom is -0.492 e. The summed E-state index contributed by atoms with van der Waals surface area (Å²) in [5.74, 6) is 1.48. The molecule has 0 radical (unpaired) electrons. The largest absolute Gasteiger partial charge is 0.492 e. The molecule has 0 amide bonds. The Kier molecular flexibility index (Phi) is 6.72. The predicted molar refractivity (Wildman–Crippen MR) is 115 cm³/mol. The Balaban J connectivity index is 1.59. The third-order valence-corrected chi connectivity index (χ3v) is 5.88. The molecule has 3 heterocycles. The molecule has 0 N–H and O–H groups in total. The Morgan fingerprint density at radius 2 is 1.86 bits per heavy atom. The fourth-order valence-electron chi connectivity index (χ4n) is 4.27. The normalized spacial score (nSPS) is 18.3. The van der Waals surface area contributed by atoms with Crippen molar-refractivity contribution in [2.45, 2.75) is 39.0 Å². The van der Waals surface area contributed by atoms with Crippen LogP contribution in [0.2, 0.25) is 0 Å². The molecule has 0 aliphatic carbocycles. The summed E-state index contributed by atoms with van der Waals surface area (Å²) in [6.07, 6.45) is 5.70. The van der Waals surface area contributed by atoms with Crippen LogP contribution in [-0.2, 0) is 11.2 Å². The highest BCUT2D eigenvalue weighted by atomic mass is 16.5. The van der Waals surface area contributed by atoms with E-state index < -0.39 is 0 Å². The van der Waals surface area contributed by atoms with E-state index in [1.54, 1.807) is 6.07 Å². The van der Waals surface area contributed by atoms with Crippen molar-refractivity contribution in [3.8, 4) is 5.75 Å². The van der Waals surface area contributed by atoms with Crippen LogP contribution in [0, 0.1) is 0 Å². The van der Waals surface area contributed by atoms with Gasteiger partial charge in [-0.15, -0.1) is 0 Å². The van der Waals surface area contributed by atoms with Gasteiger partial charge in [0.15, 0.2) is 11.3 Å². The molecule has 29 heavy (non-hydrogen) atoms. The number of fused-ring (bicyclic) bond motifs is 1. The second-order valence-corrected chi connectivity index (χ2v) is 7.97. The fraction of sp³-hybridized carbons (Fsp3) is 0.609. The first-order valence-corrected chi connectivity index (χ1v) is 11.0. The highest BCUT2D eigenvalue weighted by molar-refractivity contribution is 5.83. The molecule has 2 saturated heterocycles. The number of benzene rings is 1. The van der Waals surface area contributed by atoms with Gasteiger partial charge in [-0.3, -0.25) is 9.69 Å². The number of ether oxygens (including phenoxy) is 2. The van der Waals surface area contributed by atoms with Crippen molar-refractivity contribution in [1.82, 2.24) is 4.90 Å². The molecule has 0 spiro atoms. The van der Waals surface area contributed by atoms with Crippen LogP contribution in [0.25, 0.3) is 11.0 Å². The Bertz CT molecular complexity index is 867. The molecule has 0 saturated carbocycles. The maximum atomic E-state index is 12.8. The van der Waals surface area contributed by atoms with Gasteiger partial charge in [0.05, 0.1) is 18.6 Å². The van der Waals surface area contributed by atoms with Crippen LogP contribution in [0.1, 0.15) is 38.2 Å². The van der Waals surface area contributed by atoms with Gasteiger partial charge in [-0.2, -0.15) is 0 Å². The number of hydrogen-bond acceptors (Lipinski definition) is 6. The van der Waals surface area contributed by atoms with Gasteiger partial charge in [-0.25, -0.2) is 0 Å². The van der Waals surface area contributed by atoms with Gasteiger partial charge in [0.2, 0.25) is 0 Å². The molecule has 0 atom stereocenters. The molecule has 6 heteroatoms. The second-order valence-electron chi connectivity index (χ2n) is 7.97. The van der Waals surface area contributed by atoms with E-state index in [9.17, 15) is 4.79 Å². The van der Waals surface area contributed by atoms with Gasteiger partial charge < -0.3 is 18.8 Å². The average molecular weight is 401 g/mol. The van der Waals surface area contributed by atoms with E-state index >= 15 is 0 Å². The number of piperidine rings is 1. The number of nitrogens with zero attached hydrogens (tertiary/aromatic N) is 2. The van der Waals surface area contributed by atoms with Crippen LogP contribution >= 0.6 is 0 Å². The molecule has 2 aromatic rings. The number of rotatable bonds is 7. The van der Waals surface area contributed by atoms with Gasteiger partial charge in [0.1, 0.15) is 17.9 Å². The number of likely N-dealkylation sites (tertiary alicyclic amines) is 1. The third kappa shape index (κ3) is 4.75. The van der Waals surface area contributed by atoms with Crippen molar-refractivity contribution < 1.29 is 13.9 Å². The molecule has 0 unspecified atom stereocenters. The van der Waals surface area contributed by atoms with E-state index in [0.717, 1.165) is 43.8 Å². The first-order valence-electron chi connectivity index (χ1n) is 11.0. The summed E-state index contributed by atoms with van der Waals surface area (Å²) in [5.41, 5.74) is 1.69. The second kappa shape index (κ2) is 9.63. The molecule has 6 nitrogen and oxygen atoms in total. The topological polar surface area (TPSA) is 55.2 Å². The molecule has 2 fully saturated rings. The lowest BCUT2D eigenvalue weighted by atomic mass is 10.0. The summed E-state index contributed by atoms with van der Waals surface area (Å²) >= 11 is 0. The summed E-state index contributed by atoms with van der Waals surface area (Å²) in [5, 5.41) is 0.633. The van der Waals surface area contributed by atoms with Crippen LogP contribution in [0.15, 0.2) is 27.4 Å². The number of anilines is 1. The highest BCUT2D eigenvalue weighted by Crippen LogP contribution is 2.31. The van der Waals surface area contributed by atoms with Crippen LogP contribution in [0.5, 0.6) is 5.75 Å². The zero-order chi connectivity index (χ0) is 20.1. The Hall–Kier alpha value is -2.05. The van der Waals surface area contributed by atoms with Crippen molar-refractivity contribution in [2.75, 3.05) is 57.4 Å². The van der Waals surface area contributed by atoms with Crippen LogP contribution < -0.4 is 15.1 Å². The fourth-order valence-corrected chi connectivity index (χ4v) is 4.27. The Labute approximate surface area is 172 Å². The number of morpholine rings is 1. The van der Waals surface area contributed by atoms with E-state index in [1.165, 1.54) is 32.4 Å². The van der Waals surface area contributed by atoms with E-state index in [4.69, 9.17) is 13.9 Å². The summed E-state index contributed by atoms with van der Waals surface area (Å²) in [4.78, 5) is 17.3. The number of aryl methyl sites for hydroxylation is 1. The summed E-state index contributed by atoms with van der Waals surface area (Å²) in [6, 6.07) is 5.40. The summed E-state index contributed by atoms with van der Waals surface area (Å²) in [7, 11) is 0. The van der Waals surface area contributed by atoms with Crippen LogP contribution in [0.3, 0.4) is 0 Å². The van der Waals surface area contributed by atoms with Crippen molar-refractivity contribution in [2.24, 2.45) is 0 Å². The number of hydrogen-bond donors (Lipinski definition) is 0.